The zero-order valence-corrected chi connectivity index (χ0v) is 12.8. The third-order valence-electron chi connectivity index (χ3n) is 3.04. The van der Waals surface area contributed by atoms with Crippen molar-refractivity contribution in [3.05, 3.63) is 40.8 Å². The molecule has 0 radical (unpaired) electrons. The van der Waals surface area contributed by atoms with E-state index in [1.165, 1.54) is 19.9 Å². The molecule has 0 atom stereocenters. The molecule has 132 valence electrons. The van der Waals surface area contributed by atoms with Crippen LogP contribution < -0.4 is 5.32 Å². The van der Waals surface area contributed by atoms with E-state index in [0.29, 0.717) is 12.3 Å². The number of carbonyl (C=O) groups excluding carboxylic acids is 2. The zero-order valence-electron chi connectivity index (χ0n) is 12.8. The second kappa shape index (κ2) is 6.08. The van der Waals surface area contributed by atoms with Crippen molar-refractivity contribution in [3.63, 3.8) is 0 Å². The van der Waals surface area contributed by atoms with Gasteiger partial charge in [0.25, 0.3) is 5.79 Å². The van der Waals surface area contributed by atoms with Gasteiger partial charge in [0, 0.05) is 20.0 Å². The van der Waals surface area contributed by atoms with Crippen molar-refractivity contribution in [3.8, 4) is 6.07 Å². The van der Waals surface area contributed by atoms with Gasteiger partial charge >= 0.3 is 18.1 Å². The molecule has 0 aliphatic carbocycles. The van der Waals surface area contributed by atoms with Crippen LogP contribution in [0.15, 0.2) is 23.9 Å². The molecule has 1 aliphatic heterocycles. The molecule has 0 aromatic heterocycles. The lowest BCUT2D eigenvalue weighted by Gasteiger charge is -2.29. The third kappa shape index (κ3) is 3.71. The predicted molar refractivity (Wildman–Crippen MR) is 74.1 cm³/mol. The lowest BCUT2D eigenvalue weighted by molar-refractivity contribution is -0.222. The smallest absolute Gasteiger partial charge is 0.419 e. The van der Waals surface area contributed by atoms with Gasteiger partial charge in [0.15, 0.2) is 5.57 Å². The molecule has 0 saturated carbocycles. The van der Waals surface area contributed by atoms with Crippen LogP contribution >= 0.6 is 0 Å². The van der Waals surface area contributed by atoms with Gasteiger partial charge < -0.3 is 14.8 Å². The van der Waals surface area contributed by atoms with Gasteiger partial charge in [-0.25, -0.2) is 14.0 Å². The fourth-order valence-corrected chi connectivity index (χ4v) is 2.02. The summed E-state index contributed by atoms with van der Waals surface area (Å²) in [6, 6.07) is 2.78. The molecule has 0 unspecified atom stereocenters. The van der Waals surface area contributed by atoms with E-state index in [9.17, 15) is 27.2 Å². The molecule has 6 nitrogen and oxygen atoms in total. The van der Waals surface area contributed by atoms with E-state index in [1.54, 1.807) is 0 Å². The Morgan fingerprint density at radius 2 is 1.76 bits per heavy atom. The topological polar surface area (TPSA) is 88.4 Å². The molecule has 1 fully saturated rings. The standard InChI is InChI=1S/C15H10F4N2O4/c1-14(2)24-12(22)8(13(23)25-14)6-21-11-7(5-20)3-4-9(16)10(11)15(17,18)19/h3-4,6,21H,1-2H3. The summed E-state index contributed by atoms with van der Waals surface area (Å²) >= 11 is 0. The summed E-state index contributed by atoms with van der Waals surface area (Å²) in [7, 11) is 0. The van der Waals surface area contributed by atoms with Crippen LogP contribution in [-0.4, -0.2) is 17.7 Å². The summed E-state index contributed by atoms with van der Waals surface area (Å²) in [6.07, 6.45) is -4.54. The predicted octanol–water partition coefficient (Wildman–Crippen LogP) is 2.85. The number of ether oxygens (including phenoxy) is 2. The Hall–Kier alpha value is -3.09. The minimum Gasteiger partial charge on any atom is -0.419 e. The Kier molecular flexibility index (Phi) is 4.44. The van der Waals surface area contributed by atoms with Crippen LogP contribution in [-0.2, 0) is 25.2 Å². The molecule has 1 N–H and O–H groups in total. The highest BCUT2D eigenvalue weighted by Crippen LogP contribution is 2.38. The number of carbonyl (C=O) groups is 2. The van der Waals surface area contributed by atoms with Crippen molar-refractivity contribution in [2.24, 2.45) is 0 Å². The number of halogens is 4. The Labute approximate surface area is 138 Å². The molecule has 25 heavy (non-hydrogen) atoms. The lowest BCUT2D eigenvalue weighted by atomic mass is 10.1. The van der Waals surface area contributed by atoms with Crippen molar-refractivity contribution in [1.82, 2.24) is 0 Å². The SMILES string of the molecule is CC1(C)OC(=O)C(=CNc2c(C#N)ccc(F)c2C(F)(F)F)C(=O)O1. The molecular weight excluding hydrogens is 348 g/mol. The number of hydrogen-bond donors (Lipinski definition) is 1. The van der Waals surface area contributed by atoms with E-state index < -0.39 is 52.1 Å². The highest BCUT2D eigenvalue weighted by atomic mass is 19.4. The second-order valence-corrected chi connectivity index (χ2v) is 5.34. The van der Waals surface area contributed by atoms with Crippen LogP contribution in [0.4, 0.5) is 23.2 Å². The summed E-state index contributed by atoms with van der Waals surface area (Å²) in [5.74, 6) is -5.43. The average molecular weight is 358 g/mol. The van der Waals surface area contributed by atoms with Crippen LogP contribution in [0, 0.1) is 17.1 Å². The van der Waals surface area contributed by atoms with E-state index in [2.05, 4.69) is 0 Å². The molecule has 1 heterocycles. The molecule has 1 saturated heterocycles. The van der Waals surface area contributed by atoms with Gasteiger partial charge in [0.1, 0.15) is 17.4 Å². The first-order valence-corrected chi connectivity index (χ1v) is 6.69. The number of hydrogen-bond acceptors (Lipinski definition) is 6. The molecule has 0 amide bonds. The van der Waals surface area contributed by atoms with E-state index in [-0.39, 0.29) is 0 Å². The van der Waals surface area contributed by atoms with E-state index in [4.69, 9.17) is 14.7 Å². The number of rotatable bonds is 2. The number of nitrogens with one attached hydrogen (secondary N) is 1. The molecule has 0 spiro atoms. The summed E-state index contributed by atoms with van der Waals surface area (Å²) in [6.45, 7) is 2.57. The van der Waals surface area contributed by atoms with Crippen molar-refractivity contribution < 1.29 is 36.6 Å². The largest absolute Gasteiger partial charge is 0.421 e. The van der Waals surface area contributed by atoms with Crippen LogP contribution in [0.1, 0.15) is 25.0 Å². The summed E-state index contributed by atoms with van der Waals surface area (Å²) in [4.78, 5) is 23.5. The molecule has 10 heteroatoms. The van der Waals surface area contributed by atoms with Crippen molar-refractivity contribution in [2.45, 2.75) is 25.8 Å². The van der Waals surface area contributed by atoms with Crippen LogP contribution in [0.5, 0.6) is 0 Å². The van der Waals surface area contributed by atoms with Gasteiger partial charge in [-0.15, -0.1) is 0 Å². The number of benzene rings is 1. The highest BCUT2D eigenvalue weighted by Gasteiger charge is 2.40. The summed E-state index contributed by atoms with van der Waals surface area (Å²) in [5, 5.41) is 10.9. The maximum atomic E-state index is 13.6. The lowest BCUT2D eigenvalue weighted by Crippen LogP contribution is -2.42. The molecule has 1 aromatic carbocycles. The van der Waals surface area contributed by atoms with Crippen LogP contribution in [0.25, 0.3) is 0 Å². The molecule has 2 rings (SSSR count). The van der Waals surface area contributed by atoms with Crippen molar-refractivity contribution >= 4 is 17.6 Å². The van der Waals surface area contributed by atoms with Gasteiger partial charge in [0.2, 0.25) is 0 Å². The maximum Gasteiger partial charge on any atom is 0.421 e. The monoisotopic (exact) mass is 358 g/mol. The van der Waals surface area contributed by atoms with E-state index in [1.807, 2.05) is 5.32 Å². The average Bonchev–Trinajstić information content (AvgIpc) is 2.43. The minimum absolute atomic E-state index is 0.491. The highest BCUT2D eigenvalue weighted by molar-refractivity contribution is 6.15. The van der Waals surface area contributed by atoms with Gasteiger partial charge in [-0.2, -0.15) is 18.4 Å². The minimum atomic E-state index is -5.12. The Bertz CT molecular complexity index is 800. The first-order valence-electron chi connectivity index (χ1n) is 6.69. The fraction of sp³-hybridized carbons (Fsp3) is 0.267. The molecular formula is C15H10F4N2O4. The van der Waals surface area contributed by atoms with Gasteiger partial charge in [-0.3, -0.25) is 0 Å². The Balaban J connectivity index is 2.48. The van der Waals surface area contributed by atoms with Crippen LogP contribution in [0.3, 0.4) is 0 Å². The van der Waals surface area contributed by atoms with Crippen LogP contribution in [0.2, 0.25) is 0 Å². The van der Waals surface area contributed by atoms with Crippen molar-refractivity contribution in [1.29, 1.82) is 5.26 Å². The van der Waals surface area contributed by atoms with E-state index >= 15 is 0 Å². The molecule has 1 aromatic rings. The number of esters is 2. The number of alkyl halides is 3. The number of nitriles is 1. The van der Waals surface area contributed by atoms with Gasteiger partial charge in [-0.05, 0) is 12.1 Å². The number of nitrogens with zero attached hydrogens (tertiary/aromatic N) is 1. The third-order valence-corrected chi connectivity index (χ3v) is 3.04. The quantitative estimate of drug-likeness (QED) is 0.379. The Morgan fingerprint density at radius 1 is 1.20 bits per heavy atom. The first-order chi connectivity index (χ1) is 11.5. The molecule has 0 bridgehead atoms. The summed E-state index contributed by atoms with van der Waals surface area (Å²) < 4.78 is 62.3. The van der Waals surface area contributed by atoms with E-state index in [0.717, 1.165) is 6.07 Å². The zero-order chi connectivity index (χ0) is 19.0. The maximum absolute atomic E-state index is 13.6. The summed E-state index contributed by atoms with van der Waals surface area (Å²) in [5.41, 5.74) is -3.95. The van der Waals surface area contributed by atoms with Crippen molar-refractivity contribution in [2.75, 3.05) is 5.32 Å². The normalized spacial score (nSPS) is 16.6. The Morgan fingerprint density at radius 3 is 2.24 bits per heavy atom. The first kappa shape index (κ1) is 18.3. The second-order valence-electron chi connectivity index (χ2n) is 5.34. The number of anilines is 1. The fourth-order valence-electron chi connectivity index (χ4n) is 2.02. The van der Waals surface area contributed by atoms with Gasteiger partial charge in [-0.1, -0.05) is 0 Å². The van der Waals surface area contributed by atoms with Gasteiger partial charge in [0.05, 0.1) is 11.3 Å². The number of cyclic esters (lactones) is 2. The molecule has 1 aliphatic rings.